The van der Waals surface area contributed by atoms with E-state index in [1.807, 2.05) is 0 Å². The molecule has 0 saturated carbocycles. The lowest BCUT2D eigenvalue weighted by Crippen LogP contribution is -2.24. The van der Waals surface area contributed by atoms with Gasteiger partial charge in [-0.2, -0.15) is 13.9 Å². The van der Waals surface area contributed by atoms with Gasteiger partial charge in [-0.1, -0.05) is 12.1 Å². The molecule has 1 amide bonds. The summed E-state index contributed by atoms with van der Waals surface area (Å²) in [5.74, 6) is -0.643. The van der Waals surface area contributed by atoms with Gasteiger partial charge in [-0.3, -0.25) is 4.79 Å². The first kappa shape index (κ1) is 14.8. The Balaban J connectivity index is 1.98. The highest BCUT2D eigenvalue weighted by Crippen LogP contribution is 2.18. The molecule has 0 unspecified atom stereocenters. The van der Waals surface area contributed by atoms with Crippen LogP contribution < -0.4 is 10.2 Å². The van der Waals surface area contributed by atoms with Gasteiger partial charge < -0.3 is 14.2 Å². The summed E-state index contributed by atoms with van der Waals surface area (Å²) in [5, 5.41) is 3.66. The molecule has 0 saturated heterocycles. The molecule has 6 nitrogen and oxygen atoms in total. The molecule has 1 aliphatic heterocycles. The van der Waals surface area contributed by atoms with E-state index in [1.165, 1.54) is 24.6 Å². The minimum Gasteiger partial charge on any atom is -0.494 e. The highest BCUT2D eigenvalue weighted by Gasteiger charge is 2.14. The number of alkyl halides is 2. The summed E-state index contributed by atoms with van der Waals surface area (Å²) in [6, 6.07) is 6.07. The zero-order valence-corrected chi connectivity index (χ0v) is 10.8. The van der Waals surface area contributed by atoms with Gasteiger partial charge in [-0.15, -0.1) is 0 Å². The number of hydrogen-bond donors (Lipinski definition) is 1. The Morgan fingerprint density at radius 2 is 2.19 bits per heavy atom. The molecule has 0 atom stereocenters. The van der Waals surface area contributed by atoms with Crippen LogP contribution in [-0.2, 0) is 14.3 Å². The molecular weight excluding hydrogens is 286 g/mol. The van der Waals surface area contributed by atoms with Crippen LogP contribution in [0.5, 0.6) is 5.75 Å². The van der Waals surface area contributed by atoms with Crippen LogP contribution in [0.1, 0.15) is 5.56 Å². The van der Waals surface area contributed by atoms with E-state index in [9.17, 15) is 13.6 Å². The fourth-order valence-electron chi connectivity index (χ4n) is 1.49. The van der Waals surface area contributed by atoms with Crippen LogP contribution in [0.25, 0.3) is 0 Å². The molecule has 21 heavy (non-hydrogen) atoms. The summed E-state index contributed by atoms with van der Waals surface area (Å²) in [4.78, 5) is 11.6. The average Bonchev–Trinajstić information content (AvgIpc) is 2.49. The third-order valence-electron chi connectivity index (χ3n) is 2.38. The first-order valence-electron chi connectivity index (χ1n) is 5.98. The average molecular weight is 298 g/mol. The maximum atomic E-state index is 12.2. The minimum atomic E-state index is -2.94. The van der Waals surface area contributed by atoms with Crippen molar-refractivity contribution in [3.8, 4) is 5.75 Å². The van der Waals surface area contributed by atoms with Crippen molar-refractivity contribution < 1.29 is 27.8 Å². The van der Waals surface area contributed by atoms with Crippen LogP contribution in [0, 0.1) is 0 Å². The molecule has 0 radical (unpaired) electrons. The molecule has 1 aromatic carbocycles. The van der Waals surface area contributed by atoms with Crippen LogP contribution >= 0.6 is 0 Å². The van der Waals surface area contributed by atoms with Crippen LogP contribution in [0.2, 0.25) is 0 Å². The summed E-state index contributed by atoms with van der Waals surface area (Å²) >= 11 is 0. The van der Waals surface area contributed by atoms with Gasteiger partial charge in [0.05, 0.1) is 6.21 Å². The number of nitrogens with zero attached hydrogens (tertiary/aromatic N) is 1. The Kier molecular flexibility index (Phi) is 5.08. The standard InChI is InChI=1S/C13H12F2N2O4/c14-13(15)21-10-4-2-1-3-9(10)7-16-17-12(18)11-8-19-5-6-20-11/h1-4,7-8,13H,5-6H2,(H,17,18)/b16-7-. The number of hydrazone groups is 1. The highest BCUT2D eigenvalue weighted by atomic mass is 19.3. The van der Waals surface area contributed by atoms with Crippen molar-refractivity contribution >= 4 is 12.1 Å². The van der Waals surface area contributed by atoms with E-state index in [0.717, 1.165) is 0 Å². The SMILES string of the molecule is O=C(N/N=C\c1ccccc1OC(F)F)C1=COCCO1. The Labute approximate surface area is 119 Å². The number of para-hydroxylation sites is 1. The second-order valence-corrected chi connectivity index (χ2v) is 3.82. The summed E-state index contributed by atoms with van der Waals surface area (Å²) in [6.07, 6.45) is 2.38. The Hall–Kier alpha value is -2.64. The summed E-state index contributed by atoms with van der Waals surface area (Å²) in [7, 11) is 0. The number of ether oxygens (including phenoxy) is 3. The number of benzene rings is 1. The molecule has 1 N–H and O–H groups in total. The van der Waals surface area contributed by atoms with Crippen molar-refractivity contribution in [3.05, 3.63) is 41.9 Å². The first-order valence-corrected chi connectivity index (χ1v) is 5.98. The molecule has 1 aromatic rings. The van der Waals surface area contributed by atoms with Gasteiger partial charge in [0.25, 0.3) is 0 Å². The zero-order chi connectivity index (χ0) is 15.1. The third kappa shape index (κ3) is 4.44. The number of rotatable bonds is 5. The van der Waals surface area contributed by atoms with Gasteiger partial charge >= 0.3 is 12.5 Å². The number of carbonyl (C=O) groups excluding carboxylic acids is 1. The van der Waals surface area contributed by atoms with Crippen molar-refractivity contribution in [1.82, 2.24) is 5.43 Å². The van der Waals surface area contributed by atoms with E-state index in [0.29, 0.717) is 12.2 Å². The Bertz CT molecular complexity index is 561. The molecule has 0 bridgehead atoms. The van der Waals surface area contributed by atoms with Gasteiger partial charge in [-0.25, -0.2) is 5.43 Å². The zero-order valence-electron chi connectivity index (χ0n) is 10.8. The Morgan fingerprint density at radius 3 is 2.90 bits per heavy atom. The first-order chi connectivity index (χ1) is 10.2. The van der Waals surface area contributed by atoms with Crippen molar-refractivity contribution in [1.29, 1.82) is 0 Å². The summed E-state index contributed by atoms with van der Waals surface area (Å²) in [6.45, 7) is -2.29. The predicted octanol–water partition coefficient (Wildman–Crippen LogP) is 1.63. The lowest BCUT2D eigenvalue weighted by molar-refractivity contribution is -0.122. The van der Waals surface area contributed by atoms with E-state index in [1.54, 1.807) is 12.1 Å². The number of nitrogens with one attached hydrogen (secondary N) is 1. The van der Waals surface area contributed by atoms with Gasteiger partial charge in [0.15, 0.2) is 0 Å². The molecule has 8 heteroatoms. The van der Waals surface area contributed by atoms with Crippen LogP contribution in [0.4, 0.5) is 8.78 Å². The van der Waals surface area contributed by atoms with E-state index >= 15 is 0 Å². The molecule has 0 spiro atoms. The normalized spacial score (nSPS) is 14.3. The predicted molar refractivity (Wildman–Crippen MR) is 68.8 cm³/mol. The quantitative estimate of drug-likeness (QED) is 0.662. The third-order valence-corrected chi connectivity index (χ3v) is 2.38. The Morgan fingerprint density at radius 1 is 1.38 bits per heavy atom. The topological polar surface area (TPSA) is 69.2 Å². The number of halogens is 2. The highest BCUT2D eigenvalue weighted by molar-refractivity contribution is 5.92. The van der Waals surface area contributed by atoms with Gasteiger partial charge in [0.2, 0.25) is 5.76 Å². The second-order valence-electron chi connectivity index (χ2n) is 3.82. The van der Waals surface area contributed by atoms with Gasteiger partial charge in [-0.05, 0) is 12.1 Å². The molecule has 0 aromatic heterocycles. The molecule has 2 rings (SSSR count). The molecule has 0 aliphatic carbocycles. The van der Waals surface area contributed by atoms with Crippen molar-refractivity contribution in [3.63, 3.8) is 0 Å². The van der Waals surface area contributed by atoms with E-state index in [4.69, 9.17) is 9.47 Å². The fourth-order valence-corrected chi connectivity index (χ4v) is 1.49. The van der Waals surface area contributed by atoms with Gasteiger partial charge in [0, 0.05) is 5.56 Å². The minimum absolute atomic E-state index is 0.00415. The lowest BCUT2D eigenvalue weighted by atomic mass is 10.2. The van der Waals surface area contributed by atoms with Crippen LogP contribution in [0.15, 0.2) is 41.4 Å². The largest absolute Gasteiger partial charge is 0.494 e. The summed E-state index contributed by atoms with van der Waals surface area (Å²) in [5.41, 5.74) is 2.49. The van der Waals surface area contributed by atoms with E-state index in [2.05, 4.69) is 15.3 Å². The molecule has 0 fully saturated rings. The molecular formula is C13H12F2N2O4. The van der Waals surface area contributed by atoms with Crippen molar-refractivity contribution in [2.75, 3.05) is 13.2 Å². The monoisotopic (exact) mass is 298 g/mol. The smallest absolute Gasteiger partial charge is 0.387 e. The van der Waals surface area contributed by atoms with Crippen LogP contribution in [0.3, 0.4) is 0 Å². The van der Waals surface area contributed by atoms with Crippen molar-refractivity contribution in [2.45, 2.75) is 6.61 Å². The van der Waals surface area contributed by atoms with E-state index in [-0.39, 0.29) is 18.1 Å². The number of amides is 1. The molecule has 1 aliphatic rings. The fraction of sp³-hybridized carbons (Fsp3) is 0.231. The maximum Gasteiger partial charge on any atom is 0.387 e. The van der Waals surface area contributed by atoms with Crippen molar-refractivity contribution in [2.24, 2.45) is 5.10 Å². The van der Waals surface area contributed by atoms with Gasteiger partial charge in [0.1, 0.15) is 25.2 Å². The number of hydrogen-bond acceptors (Lipinski definition) is 5. The van der Waals surface area contributed by atoms with Crippen LogP contribution in [-0.4, -0.2) is 31.9 Å². The molecule has 1 heterocycles. The maximum absolute atomic E-state index is 12.2. The van der Waals surface area contributed by atoms with E-state index < -0.39 is 12.5 Å². The number of carbonyl (C=O) groups is 1. The second kappa shape index (κ2) is 7.22. The summed E-state index contributed by atoms with van der Waals surface area (Å²) < 4.78 is 38.7. The lowest BCUT2D eigenvalue weighted by Gasteiger charge is -2.13. The molecule has 112 valence electrons.